The van der Waals surface area contributed by atoms with Crippen molar-refractivity contribution in [2.45, 2.75) is 20.0 Å². The molecule has 7 heteroatoms. The van der Waals surface area contributed by atoms with Gasteiger partial charge in [0, 0.05) is 11.1 Å². The van der Waals surface area contributed by atoms with E-state index in [0.29, 0.717) is 11.5 Å². The normalized spacial score (nSPS) is 11.0. The summed E-state index contributed by atoms with van der Waals surface area (Å²) >= 11 is 1.52. The van der Waals surface area contributed by atoms with Gasteiger partial charge in [0.1, 0.15) is 5.69 Å². The molecule has 0 aliphatic rings. The number of anilines is 1. The third-order valence-corrected chi connectivity index (χ3v) is 3.33. The Morgan fingerprint density at radius 2 is 2.29 bits per heavy atom. The van der Waals surface area contributed by atoms with E-state index in [4.69, 9.17) is 4.74 Å². The molecule has 0 saturated heterocycles. The van der Waals surface area contributed by atoms with Crippen molar-refractivity contribution in [3.05, 3.63) is 29.1 Å². The molecule has 2 N–H and O–H groups in total. The summed E-state index contributed by atoms with van der Waals surface area (Å²) in [6.07, 6.45) is -0.630. The molecule has 0 radical (unpaired) electrons. The SMILES string of the molecule is CC(C)OC(=O)Nc1ccc2[nH]c(-c3cscn3)nc2c1. The van der Waals surface area contributed by atoms with Crippen LogP contribution in [0.1, 0.15) is 13.8 Å². The van der Waals surface area contributed by atoms with Gasteiger partial charge in [-0.05, 0) is 32.0 Å². The number of imidazole rings is 1. The third kappa shape index (κ3) is 3.03. The summed E-state index contributed by atoms with van der Waals surface area (Å²) in [6.45, 7) is 3.60. The molecule has 108 valence electrons. The standard InChI is InChI=1S/C14H14N4O2S/c1-8(2)20-14(19)16-9-3-4-10-11(5-9)18-13(17-10)12-6-21-7-15-12/h3-8H,1-2H3,(H,16,19)(H,17,18). The van der Waals surface area contributed by atoms with Crippen LogP contribution in [0.4, 0.5) is 10.5 Å². The molecule has 0 aliphatic heterocycles. The molecule has 0 spiro atoms. The maximum atomic E-state index is 11.6. The number of hydrogen-bond acceptors (Lipinski definition) is 5. The van der Waals surface area contributed by atoms with Crippen LogP contribution in [0.3, 0.4) is 0 Å². The number of aromatic nitrogens is 3. The molecule has 1 aromatic carbocycles. The summed E-state index contributed by atoms with van der Waals surface area (Å²) in [5.41, 5.74) is 4.87. The van der Waals surface area contributed by atoms with E-state index < -0.39 is 6.09 Å². The van der Waals surface area contributed by atoms with Gasteiger partial charge >= 0.3 is 6.09 Å². The number of amides is 1. The van der Waals surface area contributed by atoms with Crippen molar-refractivity contribution in [2.24, 2.45) is 0 Å². The van der Waals surface area contributed by atoms with E-state index in [2.05, 4.69) is 20.3 Å². The molecule has 0 fully saturated rings. The fourth-order valence-electron chi connectivity index (χ4n) is 1.90. The first-order valence-electron chi connectivity index (χ1n) is 6.48. The number of thiazole rings is 1. The minimum atomic E-state index is -0.473. The van der Waals surface area contributed by atoms with Crippen LogP contribution >= 0.6 is 11.3 Å². The lowest BCUT2D eigenvalue weighted by molar-refractivity contribution is 0.130. The minimum absolute atomic E-state index is 0.157. The molecule has 2 aromatic heterocycles. The van der Waals surface area contributed by atoms with E-state index in [1.54, 1.807) is 31.5 Å². The van der Waals surface area contributed by atoms with Crippen LogP contribution in [0, 0.1) is 0 Å². The van der Waals surface area contributed by atoms with E-state index in [1.165, 1.54) is 11.3 Å². The molecule has 3 aromatic rings. The Labute approximate surface area is 125 Å². The Balaban J connectivity index is 1.85. The number of H-pyrrole nitrogens is 1. The second-order valence-corrected chi connectivity index (χ2v) is 5.49. The van der Waals surface area contributed by atoms with Gasteiger partial charge in [-0.2, -0.15) is 0 Å². The summed E-state index contributed by atoms with van der Waals surface area (Å²) in [5, 5.41) is 4.61. The zero-order valence-electron chi connectivity index (χ0n) is 11.6. The van der Waals surface area contributed by atoms with Crippen molar-refractivity contribution >= 4 is 34.2 Å². The third-order valence-electron chi connectivity index (χ3n) is 2.75. The monoisotopic (exact) mass is 302 g/mol. The number of fused-ring (bicyclic) bond motifs is 1. The van der Waals surface area contributed by atoms with E-state index >= 15 is 0 Å². The number of carbonyl (C=O) groups excluding carboxylic acids is 1. The van der Waals surface area contributed by atoms with Gasteiger partial charge in [0.2, 0.25) is 0 Å². The quantitative estimate of drug-likeness (QED) is 0.774. The summed E-state index contributed by atoms with van der Waals surface area (Å²) in [7, 11) is 0. The van der Waals surface area contributed by atoms with Crippen molar-refractivity contribution in [2.75, 3.05) is 5.32 Å². The number of nitrogens with one attached hydrogen (secondary N) is 2. The number of benzene rings is 1. The molecule has 0 unspecified atom stereocenters. The van der Waals surface area contributed by atoms with Gasteiger partial charge in [-0.1, -0.05) is 0 Å². The Morgan fingerprint density at radius 3 is 3.00 bits per heavy atom. The molecule has 0 atom stereocenters. The highest BCUT2D eigenvalue weighted by Gasteiger charge is 2.09. The fourth-order valence-corrected chi connectivity index (χ4v) is 2.43. The Bertz CT molecular complexity index is 764. The van der Waals surface area contributed by atoms with E-state index in [9.17, 15) is 4.79 Å². The smallest absolute Gasteiger partial charge is 0.411 e. The number of rotatable bonds is 3. The first kappa shape index (κ1) is 13.6. The van der Waals surface area contributed by atoms with Gasteiger partial charge in [-0.25, -0.2) is 14.8 Å². The highest BCUT2D eigenvalue weighted by Crippen LogP contribution is 2.22. The molecular weight excluding hydrogens is 288 g/mol. The predicted octanol–water partition coefficient (Wildman–Crippen LogP) is 3.64. The minimum Gasteiger partial charge on any atom is -0.447 e. The van der Waals surface area contributed by atoms with Crippen LogP contribution in [-0.2, 0) is 4.74 Å². The van der Waals surface area contributed by atoms with E-state index in [1.807, 2.05) is 11.4 Å². The van der Waals surface area contributed by atoms with Crippen molar-refractivity contribution in [3.8, 4) is 11.5 Å². The molecule has 6 nitrogen and oxygen atoms in total. The first-order valence-corrected chi connectivity index (χ1v) is 7.42. The highest BCUT2D eigenvalue weighted by atomic mass is 32.1. The molecular formula is C14H14N4O2S. The zero-order chi connectivity index (χ0) is 14.8. The second-order valence-electron chi connectivity index (χ2n) is 4.77. The topological polar surface area (TPSA) is 79.9 Å². The first-order chi connectivity index (χ1) is 10.1. The van der Waals surface area contributed by atoms with E-state index in [-0.39, 0.29) is 6.10 Å². The van der Waals surface area contributed by atoms with Crippen LogP contribution in [0.2, 0.25) is 0 Å². The largest absolute Gasteiger partial charge is 0.447 e. The van der Waals surface area contributed by atoms with Crippen LogP contribution < -0.4 is 5.32 Å². The molecule has 21 heavy (non-hydrogen) atoms. The average Bonchev–Trinajstić information content (AvgIpc) is 3.05. The van der Waals surface area contributed by atoms with Gasteiger partial charge < -0.3 is 9.72 Å². The fraction of sp³-hybridized carbons (Fsp3) is 0.214. The molecule has 3 rings (SSSR count). The van der Waals surface area contributed by atoms with Crippen molar-refractivity contribution in [1.82, 2.24) is 15.0 Å². The number of aromatic amines is 1. The lowest BCUT2D eigenvalue weighted by Gasteiger charge is -2.09. The predicted molar refractivity (Wildman–Crippen MR) is 82.4 cm³/mol. The number of hydrogen-bond donors (Lipinski definition) is 2. The zero-order valence-corrected chi connectivity index (χ0v) is 12.4. The van der Waals surface area contributed by atoms with Crippen molar-refractivity contribution in [3.63, 3.8) is 0 Å². The molecule has 0 bridgehead atoms. The second kappa shape index (κ2) is 5.53. The lowest BCUT2D eigenvalue weighted by atomic mass is 10.3. The van der Waals surface area contributed by atoms with Gasteiger partial charge in [-0.3, -0.25) is 5.32 Å². The lowest BCUT2D eigenvalue weighted by Crippen LogP contribution is -2.17. The molecule has 2 heterocycles. The molecule has 0 saturated carbocycles. The highest BCUT2D eigenvalue weighted by molar-refractivity contribution is 7.07. The summed E-state index contributed by atoms with van der Waals surface area (Å²) in [6, 6.07) is 5.46. The van der Waals surface area contributed by atoms with Crippen molar-refractivity contribution in [1.29, 1.82) is 0 Å². The average molecular weight is 302 g/mol. The number of ether oxygens (including phenoxy) is 1. The Morgan fingerprint density at radius 1 is 1.43 bits per heavy atom. The van der Waals surface area contributed by atoms with Gasteiger partial charge in [0.15, 0.2) is 5.82 Å². The van der Waals surface area contributed by atoms with Crippen LogP contribution in [0.5, 0.6) is 0 Å². The van der Waals surface area contributed by atoms with Gasteiger partial charge in [0.25, 0.3) is 0 Å². The van der Waals surface area contributed by atoms with Crippen LogP contribution in [0.25, 0.3) is 22.6 Å². The summed E-state index contributed by atoms with van der Waals surface area (Å²) < 4.78 is 5.04. The van der Waals surface area contributed by atoms with Crippen LogP contribution in [-0.4, -0.2) is 27.1 Å². The maximum absolute atomic E-state index is 11.6. The van der Waals surface area contributed by atoms with Gasteiger partial charge in [-0.15, -0.1) is 11.3 Å². The number of nitrogens with zero attached hydrogens (tertiary/aromatic N) is 2. The Hall–Kier alpha value is -2.41. The molecule has 0 aliphatic carbocycles. The summed E-state index contributed by atoms with van der Waals surface area (Å²) in [5.74, 6) is 0.716. The Kier molecular flexibility index (Phi) is 3.57. The van der Waals surface area contributed by atoms with E-state index in [0.717, 1.165) is 16.7 Å². The molecule has 1 amide bonds. The number of carbonyl (C=O) groups is 1. The van der Waals surface area contributed by atoms with Crippen molar-refractivity contribution < 1.29 is 9.53 Å². The maximum Gasteiger partial charge on any atom is 0.411 e. The van der Waals surface area contributed by atoms with Gasteiger partial charge in [0.05, 0.1) is 22.6 Å². The van der Waals surface area contributed by atoms with Crippen LogP contribution in [0.15, 0.2) is 29.1 Å². The summed E-state index contributed by atoms with van der Waals surface area (Å²) in [4.78, 5) is 23.5.